The average molecular weight is 545 g/mol. The van der Waals surface area contributed by atoms with Crippen LogP contribution in [0.15, 0.2) is 43.0 Å². The van der Waals surface area contributed by atoms with E-state index in [0.29, 0.717) is 17.3 Å². The highest BCUT2D eigenvalue weighted by Crippen LogP contribution is 2.52. The number of fused-ring (bicyclic) bond motifs is 1. The summed E-state index contributed by atoms with van der Waals surface area (Å²) < 4.78 is 26.9. The van der Waals surface area contributed by atoms with Crippen molar-refractivity contribution < 1.29 is 18.7 Å². The molecule has 2 saturated carbocycles. The molecule has 0 radical (unpaired) electrons. The number of benzene rings is 1. The van der Waals surface area contributed by atoms with Gasteiger partial charge in [-0.05, 0) is 63.8 Å². The van der Waals surface area contributed by atoms with Crippen LogP contribution in [-0.4, -0.2) is 57.0 Å². The van der Waals surface area contributed by atoms with E-state index in [1.807, 2.05) is 31.0 Å². The van der Waals surface area contributed by atoms with Gasteiger partial charge in [-0.2, -0.15) is 0 Å². The Morgan fingerprint density at radius 1 is 1.12 bits per heavy atom. The molecule has 3 fully saturated rings. The van der Waals surface area contributed by atoms with E-state index in [4.69, 9.17) is 9.47 Å². The number of nitrogens with zero attached hydrogens (tertiary/aromatic N) is 5. The molecular formula is C30H33FN6O3. The van der Waals surface area contributed by atoms with Gasteiger partial charge in [0.2, 0.25) is 0 Å². The van der Waals surface area contributed by atoms with Crippen LogP contribution < -0.4 is 19.7 Å². The van der Waals surface area contributed by atoms with Gasteiger partial charge in [-0.15, -0.1) is 0 Å². The topological polar surface area (TPSA) is 92.7 Å². The molecule has 4 aliphatic rings. The fraction of sp³-hybridized carbons (Fsp3) is 0.467. The molecule has 1 spiro atoms. The molecule has 208 valence electrons. The largest absolute Gasteiger partial charge is 0.490 e. The van der Waals surface area contributed by atoms with Crippen molar-refractivity contribution in [1.82, 2.24) is 25.2 Å². The Labute approximate surface area is 232 Å². The number of hydrogen-bond acceptors (Lipinski definition) is 8. The molecule has 10 heteroatoms. The molecule has 2 aromatic heterocycles. The van der Waals surface area contributed by atoms with E-state index < -0.39 is 5.82 Å². The highest BCUT2D eigenvalue weighted by atomic mass is 19.1. The lowest BCUT2D eigenvalue weighted by molar-refractivity contribution is -0.0348. The number of amides is 1. The lowest BCUT2D eigenvalue weighted by Crippen LogP contribution is -2.65. The number of anilines is 1. The number of halogens is 1. The lowest BCUT2D eigenvalue weighted by atomic mass is 9.61. The summed E-state index contributed by atoms with van der Waals surface area (Å²) >= 11 is 0. The number of carbonyl (C=O) groups excluding carboxylic acids is 1. The van der Waals surface area contributed by atoms with Crippen molar-refractivity contribution in [2.75, 3.05) is 18.0 Å². The van der Waals surface area contributed by atoms with E-state index in [9.17, 15) is 9.18 Å². The summed E-state index contributed by atoms with van der Waals surface area (Å²) in [5.41, 5.74) is 2.66. The van der Waals surface area contributed by atoms with Gasteiger partial charge in [-0.1, -0.05) is 0 Å². The molecule has 4 heterocycles. The molecule has 0 unspecified atom stereocenters. The minimum atomic E-state index is -0.473. The van der Waals surface area contributed by atoms with Gasteiger partial charge in [0.15, 0.2) is 11.6 Å². The van der Waals surface area contributed by atoms with Crippen LogP contribution in [0.4, 0.5) is 10.2 Å². The number of hydrogen-bond donors (Lipinski definition) is 1. The van der Waals surface area contributed by atoms with E-state index >= 15 is 0 Å². The molecule has 3 aromatic rings. The first-order valence-corrected chi connectivity index (χ1v) is 14.1. The van der Waals surface area contributed by atoms with Crippen LogP contribution in [0.2, 0.25) is 0 Å². The Morgan fingerprint density at radius 3 is 2.73 bits per heavy atom. The van der Waals surface area contributed by atoms with Crippen LogP contribution >= 0.6 is 0 Å². The van der Waals surface area contributed by atoms with E-state index in [0.717, 1.165) is 63.3 Å². The third kappa shape index (κ3) is 4.54. The first-order valence-electron chi connectivity index (χ1n) is 14.1. The predicted molar refractivity (Wildman–Crippen MR) is 146 cm³/mol. The quantitative estimate of drug-likeness (QED) is 0.444. The molecule has 2 aliphatic carbocycles. The van der Waals surface area contributed by atoms with Crippen LogP contribution in [-0.2, 0) is 13.1 Å². The average Bonchev–Trinajstić information content (AvgIpc) is 3.60. The van der Waals surface area contributed by atoms with Crippen molar-refractivity contribution in [2.45, 2.75) is 70.8 Å². The van der Waals surface area contributed by atoms with Crippen molar-refractivity contribution in [1.29, 1.82) is 0 Å². The normalized spacial score (nSPS) is 19.2. The zero-order valence-electron chi connectivity index (χ0n) is 22.8. The van der Waals surface area contributed by atoms with Crippen LogP contribution in [0.3, 0.4) is 0 Å². The maximum Gasteiger partial charge on any atom is 0.258 e. The fourth-order valence-corrected chi connectivity index (χ4v) is 6.42. The Balaban J connectivity index is 1.04. The van der Waals surface area contributed by atoms with Crippen LogP contribution in [0.25, 0.3) is 0 Å². The molecule has 40 heavy (non-hydrogen) atoms. The van der Waals surface area contributed by atoms with Crippen molar-refractivity contribution in [2.24, 2.45) is 5.41 Å². The van der Waals surface area contributed by atoms with E-state index in [1.165, 1.54) is 30.1 Å². The molecule has 9 nitrogen and oxygen atoms in total. The van der Waals surface area contributed by atoms with Gasteiger partial charge in [-0.3, -0.25) is 9.78 Å². The van der Waals surface area contributed by atoms with Gasteiger partial charge in [0.05, 0.1) is 17.5 Å². The second-order valence-electron chi connectivity index (χ2n) is 11.8. The van der Waals surface area contributed by atoms with Crippen molar-refractivity contribution in [3.8, 4) is 17.2 Å². The Morgan fingerprint density at radius 2 is 1.95 bits per heavy atom. The van der Waals surface area contributed by atoms with Crippen molar-refractivity contribution in [3.05, 3.63) is 65.6 Å². The molecule has 1 N–H and O–H groups in total. The standard InChI is InChI=1S/C30H33FN6O3/c1-18(2)37(20-4-5-20)29(38)22-9-19(31)3-6-25(22)40-27-14-33-17-35-28(27)36-15-30(16-36)10-21(11-30)39-26-7-8-34-24-13-32-12-23(24)26/h3,6-9,14,17-18,20-21,32H,4-5,10-13,15-16H2,1-2H3. The maximum atomic E-state index is 14.3. The van der Waals surface area contributed by atoms with Gasteiger partial charge in [-0.25, -0.2) is 14.4 Å². The SMILES string of the molecule is CC(C)N(C(=O)c1cc(F)ccc1Oc1cncnc1N1CC2(CC(Oc3ccnc4c3CNC4)C2)C1)C1CC1. The number of rotatable bonds is 8. The Hall–Kier alpha value is -3.79. The molecule has 7 rings (SSSR count). The minimum Gasteiger partial charge on any atom is -0.490 e. The van der Waals surface area contributed by atoms with Gasteiger partial charge >= 0.3 is 0 Å². The third-order valence-electron chi connectivity index (χ3n) is 8.45. The number of nitrogens with one attached hydrogen (secondary N) is 1. The van der Waals surface area contributed by atoms with Crippen LogP contribution in [0.5, 0.6) is 17.2 Å². The molecule has 0 atom stereocenters. The van der Waals surface area contributed by atoms with Gasteiger partial charge < -0.3 is 24.6 Å². The first-order chi connectivity index (χ1) is 19.4. The monoisotopic (exact) mass is 544 g/mol. The van der Waals surface area contributed by atoms with E-state index in [1.54, 1.807) is 6.20 Å². The Kier molecular flexibility index (Phi) is 6.10. The highest BCUT2D eigenvalue weighted by molar-refractivity contribution is 5.97. The summed E-state index contributed by atoms with van der Waals surface area (Å²) in [6.45, 7) is 7.25. The second-order valence-corrected chi connectivity index (χ2v) is 11.8. The predicted octanol–water partition coefficient (Wildman–Crippen LogP) is 4.47. The zero-order valence-corrected chi connectivity index (χ0v) is 22.8. The van der Waals surface area contributed by atoms with Crippen LogP contribution in [0.1, 0.15) is 61.1 Å². The lowest BCUT2D eigenvalue weighted by Gasteiger charge is -2.58. The first kappa shape index (κ1) is 25.2. The molecule has 0 bridgehead atoms. The van der Waals surface area contributed by atoms with E-state index in [-0.39, 0.29) is 35.1 Å². The zero-order chi connectivity index (χ0) is 27.4. The summed E-state index contributed by atoms with van der Waals surface area (Å²) in [7, 11) is 0. The van der Waals surface area contributed by atoms with Crippen molar-refractivity contribution in [3.63, 3.8) is 0 Å². The molecule has 1 saturated heterocycles. The van der Waals surface area contributed by atoms with E-state index in [2.05, 4.69) is 25.2 Å². The molecular weight excluding hydrogens is 511 g/mol. The summed E-state index contributed by atoms with van der Waals surface area (Å²) in [4.78, 5) is 30.6. The summed E-state index contributed by atoms with van der Waals surface area (Å²) in [5, 5.41) is 3.34. The summed E-state index contributed by atoms with van der Waals surface area (Å²) in [5.74, 6) is 1.69. The minimum absolute atomic E-state index is 0.00967. The molecule has 1 amide bonds. The Bertz CT molecular complexity index is 1450. The highest BCUT2D eigenvalue weighted by Gasteiger charge is 2.54. The number of aromatic nitrogens is 3. The van der Waals surface area contributed by atoms with Gasteiger partial charge in [0.1, 0.15) is 29.7 Å². The fourth-order valence-electron chi connectivity index (χ4n) is 6.42. The van der Waals surface area contributed by atoms with Crippen LogP contribution in [0, 0.1) is 11.2 Å². The second kappa shape index (κ2) is 9.69. The molecule has 1 aromatic carbocycles. The van der Waals surface area contributed by atoms with Gasteiger partial charge in [0, 0.05) is 55.4 Å². The van der Waals surface area contributed by atoms with Crippen molar-refractivity contribution >= 4 is 11.7 Å². The maximum absolute atomic E-state index is 14.3. The summed E-state index contributed by atoms with van der Waals surface area (Å²) in [6.07, 6.45) is 9.03. The molecule has 2 aliphatic heterocycles. The number of ether oxygens (including phenoxy) is 2. The number of pyridine rings is 1. The number of carbonyl (C=O) groups is 1. The third-order valence-corrected chi connectivity index (χ3v) is 8.45. The van der Waals surface area contributed by atoms with Gasteiger partial charge in [0.25, 0.3) is 5.91 Å². The summed E-state index contributed by atoms with van der Waals surface area (Å²) in [6, 6.07) is 6.27. The smallest absolute Gasteiger partial charge is 0.258 e.